The SMILES string of the molecule is CC(C)NCCn1cc(S(C)(=O)=O)cn1. The molecule has 6 heteroatoms. The van der Waals surface area contributed by atoms with Gasteiger partial charge in [-0.3, -0.25) is 4.68 Å². The van der Waals surface area contributed by atoms with Crippen LogP contribution < -0.4 is 5.32 Å². The van der Waals surface area contributed by atoms with Crippen molar-refractivity contribution < 1.29 is 8.42 Å². The summed E-state index contributed by atoms with van der Waals surface area (Å²) in [4.78, 5) is 0.270. The molecule has 1 aromatic rings. The lowest BCUT2D eigenvalue weighted by molar-refractivity contribution is 0.515. The largest absolute Gasteiger partial charge is 0.313 e. The van der Waals surface area contributed by atoms with Gasteiger partial charge in [-0.2, -0.15) is 5.10 Å². The number of hydrogen-bond donors (Lipinski definition) is 1. The van der Waals surface area contributed by atoms with Gasteiger partial charge in [-0.05, 0) is 0 Å². The first-order valence-electron chi connectivity index (χ1n) is 4.85. The minimum Gasteiger partial charge on any atom is -0.313 e. The molecule has 0 fully saturated rings. The predicted octanol–water partition coefficient (Wildman–Crippen LogP) is 0.285. The standard InChI is InChI=1S/C9H17N3O2S/c1-8(2)10-4-5-12-7-9(6-11-12)15(3,13)14/h6-8,10H,4-5H2,1-3H3. The van der Waals surface area contributed by atoms with Crippen LogP contribution >= 0.6 is 0 Å². The van der Waals surface area contributed by atoms with Gasteiger partial charge in [0.05, 0.1) is 12.7 Å². The molecule has 5 nitrogen and oxygen atoms in total. The summed E-state index contributed by atoms with van der Waals surface area (Å²) in [6.45, 7) is 5.58. The zero-order chi connectivity index (χ0) is 11.5. The van der Waals surface area contributed by atoms with E-state index in [2.05, 4.69) is 24.3 Å². The molecule has 0 atom stereocenters. The highest BCUT2D eigenvalue weighted by Crippen LogP contribution is 2.05. The third-order valence-corrected chi connectivity index (χ3v) is 3.00. The summed E-state index contributed by atoms with van der Waals surface area (Å²) in [5.74, 6) is 0. The first kappa shape index (κ1) is 12.2. The van der Waals surface area contributed by atoms with Gasteiger partial charge >= 0.3 is 0 Å². The zero-order valence-corrected chi connectivity index (χ0v) is 10.1. The van der Waals surface area contributed by atoms with E-state index in [0.717, 1.165) is 6.54 Å². The average molecular weight is 231 g/mol. The molecule has 0 unspecified atom stereocenters. The second-order valence-corrected chi connectivity index (χ2v) is 5.84. The van der Waals surface area contributed by atoms with Crippen LogP contribution in [0.15, 0.2) is 17.3 Å². The minimum atomic E-state index is -3.13. The Morgan fingerprint density at radius 2 is 2.20 bits per heavy atom. The van der Waals surface area contributed by atoms with Crippen LogP contribution in [0.3, 0.4) is 0 Å². The fraction of sp³-hybridized carbons (Fsp3) is 0.667. The third kappa shape index (κ3) is 4.01. The van der Waals surface area contributed by atoms with Gasteiger partial charge in [0.1, 0.15) is 4.90 Å². The lowest BCUT2D eigenvalue weighted by Crippen LogP contribution is -2.26. The van der Waals surface area contributed by atoms with Gasteiger partial charge in [0.25, 0.3) is 0 Å². The summed E-state index contributed by atoms with van der Waals surface area (Å²) < 4.78 is 23.9. The molecule has 0 aromatic carbocycles. The van der Waals surface area contributed by atoms with Crippen LogP contribution in [0.25, 0.3) is 0 Å². The first-order chi connectivity index (χ1) is 6.89. The highest BCUT2D eigenvalue weighted by molar-refractivity contribution is 7.90. The van der Waals surface area contributed by atoms with Crippen molar-refractivity contribution in [3.8, 4) is 0 Å². The molecular formula is C9H17N3O2S. The van der Waals surface area contributed by atoms with E-state index in [-0.39, 0.29) is 4.90 Å². The molecule has 0 bridgehead atoms. The highest BCUT2D eigenvalue weighted by atomic mass is 32.2. The van der Waals surface area contributed by atoms with Gasteiger partial charge in [0.2, 0.25) is 0 Å². The van der Waals surface area contributed by atoms with Gasteiger partial charge in [-0.15, -0.1) is 0 Å². The van der Waals surface area contributed by atoms with Gasteiger partial charge in [-0.1, -0.05) is 13.8 Å². The summed E-state index contributed by atoms with van der Waals surface area (Å²) in [5, 5.41) is 7.21. The van der Waals surface area contributed by atoms with Gasteiger partial charge in [0.15, 0.2) is 9.84 Å². The number of sulfone groups is 1. The van der Waals surface area contributed by atoms with Crippen LogP contribution in [0.1, 0.15) is 13.8 Å². The molecule has 1 rings (SSSR count). The molecule has 0 radical (unpaired) electrons. The monoisotopic (exact) mass is 231 g/mol. The number of nitrogens with one attached hydrogen (secondary N) is 1. The third-order valence-electron chi connectivity index (χ3n) is 1.93. The van der Waals surface area contributed by atoms with E-state index in [9.17, 15) is 8.42 Å². The van der Waals surface area contributed by atoms with E-state index in [1.807, 2.05) is 0 Å². The second kappa shape index (κ2) is 4.76. The predicted molar refractivity (Wildman–Crippen MR) is 58.5 cm³/mol. The maximum absolute atomic E-state index is 11.2. The Balaban J connectivity index is 2.54. The second-order valence-electron chi connectivity index (χ2n) is 3.82. The molecule has 0 aliphatic heterocycles. The molecule has 0 saturated carbocycles. The molecular weight excluding hydrogens is 214 g/mol. The molecule has 86 valence electrons. The Kier molecular flexibility index (Phi) is 3.87. The molecule has 0 aliphatic rings. The van der Waals surface area contributed by atoms with Crippen molar-refractivity contribution in [2.24, 2.45) is 0 Å². The van der Waals surface area contributed by atoms with Crippen molar-refractivity contribution >= 4 is 9.84 Å². The van der Waals surface area contributed by atoms with Crippen LogP contribution in [-0.2, 0) is 16.4 Å². The topological polar surface area (TPSA) is 64.0 Å². The van der Waals surface area contributed by atoms with Gasteiger partial charge in [0, 0.05) is 25.0 Å². The van der Waals surface area contributed by atoms with E-state index in [1.165, 1.54) is 12.5 Å². The maximum atomic E-state index is 11.2. The van der Waals surface area contributed by atoms with Crippen LogP contribution in [0.2, 0.25) is 0 Å². The Morgan fingerprint density at radius 3 is 2.67 bits per heavy atom. The molecule has 1 aromatic heterocycles. The number of rotatable bonds is 5. The van der Waals surface area contributed by atoms with E-state index in [1.54, 1.807) is 10.9 Å². The lowest BCUT2D eigenvalue weighted by Gasteiger charge is -2.07. The Labute approximate surface area is 90.4 Å². The van der Waals surface area contributed by atoms with Crippen LogP contribution in [0, 0.1) is 0 Å². The van der Waals surface area contributed by atoms with E-state index in [4.69, 9.17) is 0 Å². The molecule has 1 heterocycles. The van der Waals surface area contributed by atoms with Crippen molar-refractivity contribution in [3.05, 3.63) is 12.4 Å². The molecule has 0 amide bonds. The number of aromatic nitrogens is 2. The summed E-state index contributed by atoms with van der Waals surface area (Å²) in [6.07, 6.45) is 4.11. The van der Waals surface area contributed by atoms with Gasteiger partial charge < -0.3 is 5.32 Å². The van der Waals surface area contributed by atoms with Crippen molar-refractivity contribution in [2.45, 2.75) is 31.3 Å². The smallest absolute Gasteiger partial charge is 0.178 e. The summed E-state index contributed by atoms with van der Waals surface area (Å²) in [5.41, 5.74) is 0. The normalized spacial score (nSPS) is 12.3. The lowest BCUT2D eigenvalue weighted by atomic mass is 10.4. The van der Waals surface area contributed by atoms with Crippen molar-refractivity contribution in [2.75, 3.05) is 12.8 Å². The molecule has 15 heavy (non-hydrogen) atoms. The average Bonchev–Trinajstić information content (AvgIpc) is 2.51. The summed E-state index contributed by atoms with van der Waals surface area (Å²) >= 11 is 0. The van der Waals surface area contributed by atoms with E-state index in [0.29, 0.717) is 12.6 Å². The fourth-order valence-electron chi connectivity index (χ4n) is 1.13. The maximum Gasteiger partial charge on any atom is 0.178 e. The Bertz CT molecular complexity index is 409. The molecule has 0 spiro atoms. The Hall–Kier alpha value is -0.880. The zero-order valence-electron chi connectivity index (χ0n) is 9.27. The van der Waals surface area contributed by atoms with Crippen LogP contribution in [0.4, 0.5) is 0 Å². The highest BCUT2D eigenvalue weighted by Gasteiger charge is 2.09. The van der Waals surface area contributed by atoms with Crippen molar-refractivity contribution in [3.63, 3.8) is 0 Å². The minimum absolute atomic E-state index is 0.270. The molecule has 0 aliphatic carbocycles. The first-order valence-corrected chi connectivity index (χ1v) is 6.74. The van der Waals surface area contributed by atoms with Crippen LogP contribution in [0.5, 0.6) is 0 Å². The van der Waals surface area contributed by atoms with Gasteiger partial charge in [-0.25, -0.2) is 8.42 Å². The fourth-order valence-corrected chi connectivity index (χ4v) is 1.68. The quantitative estimate of drug-likeness (QED) is 0.791. The molecule has 0 saturated heterocycles. The summed E-state index contributed by atoms with van der Waals surface area (Å²) in [6, 6.07) is 0.426. The molecule has 1 N–H and O–H groups in total. The van der Waals surface area contributed by atoms with Crippen molar-refractivity contribution in [1.29, 1.82) is 0 Å². The van der Waals surface area contributed by atoms with Crippen molar-refractivity contribution in [1.82, 2.24) is 15.1 Å². The van der Waals surface area contributed by atoms with E-state index >= 15 is 0 Å². The summed E-state index contributed by atoms with van der Waals surface area (Å²) in [7, 11) is -3.13. The number of hydrogen-bond acceptors (Lipinski definition) is 4. The van der Waals surface area contributed by atoms with Crippen LogP contribution in [-0.4, -0.2) is 37.0 Å². The number of nitrogens with zero attached hydrogens (tertiary/aromatic N) is 2. The Morgan fingerprint density at radius 1 is 1.53 bits per heavy atom. The van der Waals surface area contributed by atoms with E-state index < -0.39 is 9.84 Å².